The van der Waals surface area contributed by atoms with Crippen LogP contribution in [0, 0.1) is 0 Å². The number of nitrogens with zero attached hydrogens (tertiary/aromatic N) is 3. The van der Waals surface area contributed by atoms with Crippen molar-refractivity contribution in [3.8, 4) is 0 Å². The lowest BCUT2D eigenvalue weighted by Crippen LogP contribution is -2.26. The number of carbonyl (C=O) groups is 2. The predicted octanol–water partition coefficient (Wildman–Crippen LogP) is 5.09. The first-order chi connectivity index (χ1) is 16.3. The Labute approximate surface area is 204 Å². The molecule has 0 radical (unpaired) electrons. The van der Waals surface area contributed by atoms with Crippen molar-refractivity contribution in [3.63, 3.8) is 0 Å². The molecule has 0 fully saturated rings. The summed E-state index contributed by atoms with van der Waals surface area (Å²) >= 11 is 1.18. The van der Waals surface area contributed by atoms with Crippen molar-refractivity contribution in [2.24, 2.45) is 0 Å². The maximum absolute atomic E-state index is 12.7. The number of alkyl halides is 3. The lowest BCUT2D eigenvalue weighted by atomic mass is 10.1. The highest BCUT2D eigenvalue weighted by Crippen LogP contribution is 2.33. The van der Waals surface area contributed by atoms with Gasteiger partial charge in [0, 0.05) is 17.5 Å². The zero-order chi connectivity index (χ0) is 25.8. The van der Waals surface area contributed by atoms with Gasteiger partial charge in [-0.2, -0.15) is 13.2 Å². The molecule has 1 unspecified atom stereocenters. The molecular formula is C24H24F3N3O4S. The minimum absolute atomic E-state index is 0.252. The number of hydrogen-bond donors (Lipinski definition) is 1. The van der Waals surface area contributed by atoms with E-state index in [1.54, 1.807) is 51.2 Å². The minimum Gasteiger partial charge on any atom is -0.480 e. The summed E-state index contributed by atoms with van der Waals surface area (Å²) in [4.78, 5) is 24.4. The number of aliphatic carboxylic acids is 1. The van der Waals surface area contributed by atoms with Crippen molar-refractivity contribution in [2.75, 3.05) is 0 Å². The average Bonchev–Trinajstić information content (AvgIpc) is 3.20. The van der Waals surface area contributed by atoms with E-state index in [4.69, 9.17) is 4.74 Å². The molecule has 0 amide bonds. The number of carboxylic acids is 1. The molecule has 0 aliphatic heterocycles. The van der Waals surface area contributed by atoms with Crippen molar-refractivity contribution in [2.45, 2.75) is 55.7 Å². The number of carbonyl (C=O) groups excluding carboxylic acids is 1. The van der Waals surface area contributed by atoms with Gasteiger partial charge in [-0.1, -0.05) is 17.3 Å². The van der Waals surface area contributed by atoms with Gasteiger partial charge in [-0.15, -0.1) is 16.9 Å². The quantitative estimate of drug-likeness (QED) is 0.319. The number of aromatic nitrogens is 3. The normalized spacial score (nSPS) is 12.9. The van der Waals surface area contributed by atoms with Gasteiger partial charge in [0.25, 0.3) is 0 Å². The number of halogens is 3. The largest absolute Gasteiger partial charge is 0.480 e. The first kappa shape index (κ1) is 26.3. The van der Waals surface area contributed by atoms with E-state index in [-0.39, 0.29) is 6.54 Å². The summed E-state index contributed by atoms with van der Waals surface area (Å²) in [6, 6.07) is 11.3. The first-order valence-electron chi connectivity index (χ1n) is 10.6. The molecule has 1 N–H and O–H groups in total. The summed E-state index contributed by atoms with van der Waals surface area (Å²) in [7, 11) is 0. The molecule has 1 heterocycles. The number of rotatable bonds is 9. The van der Waals surface area contributed by atoms with Gasteiger partial charge >= 0.3 is 18.1 Å². The Kier molecular flexibility index (Phi) is 7.89. The maximum atomic E-state index is 12.7. The SMILES string of the molecule is CC(Cc1cn(Cc2ccc(C(F)(F)F)cc2)nn1)OC(=O)c1ccc(SC(C)(C)C(=O)O)cc1. The molecule has 0 saturated carbocycles. The summed E-state index contributed by atoms with van der Waals surface area (Å²) in [5.41, 5.74) is 0.830. The fourth-order valence-corrected chi connectivity index (χ4v) is 4.03. The van der Waals surface area contributed by atoms with Crippen LogP contribution in [0.1, 0.15) is 48.0 Å². The van der Waals surface area contributed by atoms with Crippen LogP contribution in [0.15, 0.2) is 59.6 Å². The molecule has 1 atom stereocenters. The maximum Gasteiger partial charge on any atom is 0.416 e. The number of esters is 1. The van der Waals surface area contributed by atoms with Gasteiger partial charge in [0.15, 0.2) is 0 Å². The monoisotopic (exact) mass is 507 g/mol. The van der Waals surface area contributed by atoms with Gasteiger partial charge in [-0.25, -0.2) is 9.48 Å². The molecule has 2 aromatic carbocycles. The fraction of sp³-hybridized carbons (Fsp3) is 0.333. The number of ether oxygens (including phenoxy) is 1. The molecule has 7 nitrogen and oxygen atoms in total. The summed E-state index contributed by atoms with van der Waals surface area (Å²) in [5.74, 6) is -1.46. The molecule has 3 rings (SSSR count). The second kappa shape index (κ2) is 10.5. The number of hydrogen-bond acceptors (Lipinski definition) is 6. The van der Waals surface area contributed by atoms with Gasteiger partial charge in [0.05, 0.1) is 23.4 Å². The molecule has 35 heavy (non-hydrogen) atoms. The second-order valence-corrected chi connectivity index (χ2v) is 10.2. The second-order valence-electron chi connectivity index (χ2n) is 8.46. The van der Waals surface area contributed by atoms with E-state index in [0.29, 0.717) is 28.1 Å². The van der Waals surface area contributed by atoms with E-state index >= 15 is 0 Å². The summed E-state index contributed by atoms with van der Waals surface area (Å²) in [5, 5.41) is 17.3. The van der Waals surface area contributed by atoms with Crippen LogP contribution >= 0.6 is 11.8 Å². The van der Waals surface area contributed by atoms with Gasteiger partial charge in [-0.3, -0.25) is 4.79 Å². The predicted molar refractivity (Wildman–Crippen MR) is 123 cm³/mol. The van der Waals surface area contributed by atoms with Gasteiger partial charge < -0.3 is 9.84 Å². The van der Waals surface area contributed by atoms with E-state index in [1.807, 2.05) is 0 Å². The topological polar surface area (TPSA) is 94.3 Å². The lowest BCUT2D eigenvalue weighted by molar-refractivity contribution is -0.139. The Morgan fingerprint density at radius 1 is 1.09 bits per heavy atom. The van der Waals surface area contributed by atoms with Crippen molar-refractivity contribution in [1.82, 2.24) is 15.0 Å². The Bertz CT molecular complexity index is 1180. The van der Waals surface area contributed by atoms with Crippen LogP contribution < -0.4 is 0 Å². The standard InChI is InChI=1S/C24H24F3N3O4S/c1-15(34-21(31)17-6-10-20(11-7-17)35-23(2,3)22(32)33)12-19-14-30(29-28-19)13-16-4-8-18(9-5-16)24(25,26)27/h4-11,14-15H,12-13H2,1-3H3,(H,32,33). The van der Waals surface area contributed by atoms with Gasteiger partial charge in [0.1, 0.15) is 10.9 Å². The Morgan fingerprint density at radius 3 is 2.29 bits per heavy atom. The summed E-state index contributed by atoms with van der Waals surface area (Å²) < 4.78 is 44.0. The molecule has 11 heteroatoms. The van der Waals surface area contributed by atoms with Crippen LogP contribution in [0.3, 0.4) is 0 Å². The molecular weight excluding hydrogens is 483 g/mol. The Morgan fingerprint density at radius 2 is 1.71 bits per heavy atom. The van der Waals surface area contributed by atoms with E-state index in [2.05, 4.69) is 10.3 Å². The molecule has 0 aliphatic rings. The van der Waals surface area contributed by atoms with Crippen LogP contribution in [-0.4, -0.2) is 42.9 Å². The van der Waals surface area contributed by atoms with Crippen molar-refractivity contribution in [1.29, 1.82) is 0 Å². The van der Waals surface area contributed by atoms with Crippen LogP contribution in [0.4, 0.5) is 13.2 Å². The summed E-state index contributed by atoms with van der Waals surface area (Å²) in [6.45, 7) is 5.17. The van der Waals surface area contributed by atoms with Gasteiger partial charge in [0.2, 0.25) is 0 Å². The highest BCUT2D eigenvalue weighted by atomic mass is 32.2. The fourth-order valence-electron chi connectivity index (χ4n) is 3.08. The van der Waals surface area contributed by atoms with Crippen LogP contribution in [0.25, 0.3) is 0 Å². The number of benzene rings is 2. The molecule has 1 aromatic heterocycles. The zero-order valence-corrected chi connectivity index (χ0v) is 20.1. The van der Waals surface area contributed by atoms with Crippen LogP contribution in [0.2, 0.25) is 0 Å². The van der Waals surface area contributed by atoms with Crippen molar-refractivity contribution in [3.05, 3.63) is 77.1 Å². The average molecular weight is 508 g/mol. The first-order valence-corrected chi connectivity index (χ1v) is 11.4. The van der Waals surface area contributed by atoms with Gasteiger partial charge in [-0.05, 0) is 62.7 Å². The molecule has 0 aliphatic carbocycles. The smallest absolute Gasteiger partial charge is 0.416 e. The molecule has 0 saturated heterocycles. The third-order valence-electron chi connectivity index (χ3n) is 4.99. The third-order valence-corrected chi connectivity index (χ3v) is 6.19. The highest BCUT2D eigenvalue weighted by molar-refractivity contribution is 8.01. The third kappa shape index (κ3) is 7.32. The van der Waals surface area contributed by atoms with Crippen LogP contribution in [-0.2, 0) is 28.7 Å². The highest BCUT2D eigenvalue weighted by Gasteiger charge is 2.30. The summed E-state index contributed by atoms with van der Waals surface area (Å²) in [6.07, 6.45) is -2.93. The van der Waals surface area contributed by atoms with E-state index in [0.717, 1.165) is 12.1 Å². The zero-order valence-electron chi connectivity index (χ0n) is 19.2. The molecule has 3 aromatic rings. The van der Waals surface area contributed by atoms with E-state index in [1.165, 1.54) is 28.6 Å². The van der Waals surface area contributed by atoms with Crippen molar-refractivity contribution < 1.29 is 32.6 Å². The number of carboxylic acid groups (broad SMARTS) is 1. The van der Waals surface area contributed by atoms with Crippen molar-refractivity contribution >= 4 is 23.7 Å². The number of thioether (sulfide) groups is 1. The Balaban J connectivity index is 1.53. The molecule has 0 spiro atoms. The lowest BCUT2D eigenvalue weighted by Gasteiger charge is -2.18. The minimum atomic E-state index is -4.38. The molecule has 0 bridgehead atoms. The van der Waals surface area contributed by atoms with E-state index in [9.17, 15) is 27.9 Å². The van der Waals surface area contributed by atoms with E-state index < -0.39 is 34.5 Å². The Hall–Kier alpha value is -3.34. The van der Waals surface area contributed by atoms with Crippen LogP contribution in [0.5, 0.6) is 0 Å². The molecule has 186 valence electrons.